The predicted octanol–water partition coefficient (Wildman–Crippen LogP) is 4.78. The highest BCUT2D eigenvalue weighted by atomic mass is 16.6. The van der Waals surface area contributed by atoms with Crippen LogP contribution in [0.1, 0.15) is 50.4 Å². The molecule has 1 aliphatic rings. The van der Waals surface area contributed by atoms with Crippen molar-refractivity contribution in [2.45, 2.75) is 58.5 Å². The van der Waals surface area contributed by atoms with Gasteiger partial charge in [-0.3, -0.25) is 0 Å². The molecule has 0 spiro atoms. The number of urea groups is 1. The molecule has 258 valence electrons. The highest BCUT2D eigenvalue weighted by Crippen LogP contribution is 2.29. The Kier molecular flexibility index (Phi) is 12.8. The van der Waals surface area contributed by atoms with Crippen molar-refractivity contribution in [1.29, 1.82) is 0 Å². The van der Waals surface area contributed by atoms with Crippen LogP contribution in [0.5, 0.6) is 5.75 Å². The van der Waals surface area contributed by atoms with Crippen molar-refractivity contribution in [2.75, 3.05) is 65.4 Å². The second-order valence-electron chi connectivity index (χ2n) is 12.1. The number of likely N-dealkylation sites (tertiary alicyclic amines) is 1. The average Bonchev–Trinajstić information content (AvgIpc) is 3.48. The number of nitrogens with one attached hydrogen (secondary N) is 1. The number of amides is 2. The fourth-order valence-corrected chi connectivity index (χ4v) is 6.23. The Bertz CT molecular complexity index is 1640. The van der Waals surface area contributed by atoms with Crippen LogP contribution in [-0.4, -0.2) is 96.0 Å². The highest BCUT2D eigenvalue weighted by molar-refractivity contribution is 6.06. The van der Waals surface area contributed by atoms with Crippen LogP contribution in [0, 0.1) is 0 Å². The number of carbonyl (C=O) groups is 2. The van der Waals surface area contributed by atoms with E-state index in [0.29, 0.717) is 56.4 Å². The molecule has 2 aromatic heterocycles. The molecule has 0 aliphatic carbocycles. The van der Waals surface area contributed by atoms with Crippen molar-refractivity contribution in [3.8, 4) is 5.75 Å². The van der Waals surface area contributed by atoms with Crippen molar-refractivity contribution in [2.24, 2.45) is 0 Å². The maximum atomic E-state index is 13.5. The number of hydrogen-bond donors (Lipinski definition) is 2. The van der Waals surface area contributed by atoms with Gasteiger partial charge in [0.15, 0.2) is 12.4 Å². The number of anilines is 1. The average molecular weight is 660 g/mol. The van der Waals surface area contributed by atoms with E-state index in [1.54, 1.807) is 14.0 Å². The van der Waals surface area contributed by atoms with Crippen LogP contribution in [-0.2, 0) is 33.8 Å². The number of piperidine rings is 1. The molecule has 2 aromatic carbocycles. The number of para-hydroxylation sites is 1. The SMILES string of the molecule is CCOC(=O)COc1ccc(CN(CCCCn2c(CCOC)nc3c(N)nc4ccccc4c32)C(=O)NCCN2CCCCC2)cc1. The number of esters is 1. The molecule has 4 aromatic rings. The zero-order valence-electron chi connectivity index (χ0n) is 28.3. The van der Waals surface area contributed by atoms with Gasteiger partial charge < -0.3 is 39.6 Å². The number of pyridine rings is 1. The van der Waals surface area contributed by atoms with E-state index in [4.69, 9.17) is 24.9 Å². The number of aromatic nitrogens is 3. The van der Waals surface area contributed by atoms with Crippen LogP contribution in [0.4, 0.5) is 10.6 Å². The van der Waals surface area contributed by atoms with Gasteiger partial charge in [0.2, 0.25) is 0 Å². The molecule has 5 rings (SSSR count). The zero-order valence-corrected chi connectivity index (χ0v) is 28.3. The molecule has 2 amide bonds. The first-order valence-corrected chi connectivity index (χ1v) is 17.1. The standard InChI is InChI=1S/C36H49N7O5/c1-3-47-32(44)26-48-28-15-13-27(14-16-28)25-42(36(45)38-18-23-41-19-7-4-8-20-41)21-9-10-22-43-31(17-24-46-2)40-33-34(43)29-11-5-6-12-30(29)39-35(33)37/h5-6,11-16H,3-4,7-10,17-26H2,1-2H3,(H2,37,39)(H,38,45). The van der Waals surface area contributed by atoms with Crippen LogP contribution >= 0.6 is 0 Å². The number of nitrogens with zero attached hydrogens (tertiary/aromatic N) is 5. The molecular formula is C36H49N7O5. The summed E-state index contributed by atoms with van der Waals surface area (Å²) >= 11 is 0. The van der Waals surface area contributed by atoms with Gasteiger partial charge >= 0.3 is 12.0 Å². The van der Waals surface area contributed by atoms with Crippen LogP contribution in [0.2, 0.25) is 0 Å². The number of imidazole rings is 1. The van der Waals surface area contributed by atoms with Gasteiger partial charge in [0.25, 0.3) is 0 Å². The van der Waals surface area contributed by atoms with E-state index in [0.717, 1.165) is 66.8 Å². The Labute approximate surface area is 282 Å². The minimum Gasteiger partial charge on any atom is -0.482 e. The third-order valence-electron chi connectivity index (χ3n) is 8.68. The first-order chi connectivity index (χ1) is 23.5. The highest BCUT2D eigenvalue weighted by Gasteiger charge is 2.19. The van der Waals surface area contributed by atoms with E-state index >= 15 is 0 Å². The molecule has 12 nitrogen and oxygen atoms in total. The topological polar surface area (TPSA) is 137 Å². The molecule has 0 bridgehead atoms. The summed E-state index contributed by atoms with van der Waals surface area (Å²) in [4.78, 5) is 39.0. The van der Waals surface area contributed by atoms with Gasteiger partial charge in [0, 0.05) is 51.6 Å². The molecule has 0 saturated carbocycles. The van der Waals surface area contributed by atoms with Crippen LogP contribution in [0.3, 0.4) is 0 Å². The molecule has 3 heterocycles. The Morgan fingerprint density at radius 1 is 1.00 bits per heavy atom. The van der Waals surface area contributed by atoms with E-state index < -0.39 is 5.97 Å². The predicted molar refractivity (Wildman–Crippen MR) is 187 cm³/mol. The summed E-state index contributed by atoms with van der Waals surface area (Å²) in [5.41, 5.74) is 9.89. The number of nitrogens with two attached hydrogens (primary N) is 1. The van der Waals surface area contributed by atoms with Gasteiger partial charge in [0.1, 0.15) is 17.1 Å². The fraction of sp³-hybridized carbons (Fsp3) is 0.500. The normalized spacial score (nSPS) is 13.5. The quantitative estimate of drug-likeness (QED) is 0.121. The van der Waals surface area contributed by atoms with Crippen LogP contribution in [0.15, 0.2) is 48.5 Å². The Hall–Kier alpha value is -4.42. The summed E-state index contributed by atoms with van der Waals surface area (Å²) in [6, 6.07) is 15.4. The first-order valence-electron chi connectivity index (χ1n) is 17.1. The summed E-state index contributed by atoms with van der Waals surface area (Å²) in [6.07, 6.45) is 6.01. The minimum atomic E-state index is -0.406. The third kappa shape index (κ3) is 9.35. The number of unbranched alkanes of at least 4 members (excludes halogenated alkanes) is 1. The maximum absolute atomic E-state index is 13.5. The van der Waals surface area contributed by atoms with Crippen molar-refractivity contribution in [3.05, 3.63) is 59.9 Å². The van der Waals surface area contributed by atoms with E-state index in [2.05, 4.69) is 25.8 Å². The van der Waals surface area contributed by atoms with Gasteiger partial charge in [-0.1, -0.05) is 36.8 Å². The molecule has 0 unspecified atom stereocenters. The minimum absolute atomic E-state index is 0.0756. The molecule has 12 heteroatoms. The number of rotatable bonds is 17. The van der Waals surface area contributed by atoms with Crippen molar-refractivity contribution in [1.82, 2.24) is 29.7 Å². The van der Waals surface area contributed by atoms with Crippen molar-refractivity contribution in [3.63, 3.8) is 0 Å². The van der Waals surface area contributed by atoms with E-state index in [-0.39, 0.29) is 12.6 Å². The van der Waals surface area contributed by atoms with Gasteiger partial charge in [-0.15, -0.1) is 0 Å². The summed E-state index contributed by atoms with van der Waals surface area (Å²) in [5, 5.41) is 4.18. The molecule has 0 atom stereocenters. The van der Waals surface area contributed by atoms with Crippen molar-refractivity contribution >= 4 is 39.8 Å². The number of carbonyl (C=O) groups excluding carboxylic acids is 2. The number of aryl methyl sites for hydroxylation is 1. The number of methoxy groups -OCH3 is 1. The van der Waals surface area contributed by atoms with E-state index in [1.165, 1.54) is 19.3 Å². The Morgan fingerprint density at radius 2 is 1.79 bits per heavy atom. The van der Waals surface area contributed by atoms with Crippen LogP contribution in [0.25, 0.3) is 21.9 Å². The summed E-state index contributed by atoms with van der Waals surface area (Å²) < 4.78 is 18.1. The van der Waals surface area contributed by atoms with Crippen LogP contribution < -0.4 is 15.8 Å². The van der Waals surface area contributed by atoms with Gasteiger partial charge in [-0.2, -0.15) is 0 Å². The smallest absolute Gasteiger partial charge is 0.344 e. The Morgan fingerprint density at radius 3 is 2.56 bits per heavy atom. The van der Waals surface area contributed by atoms with Gasteiger partial charge in [-0.05, 0) is 69.5 Å². The summed E-state index contributed by atoms with van der Waals surface area (Å²) in [6.45, 7) is 7.90. The van der Waals surface area contributed by atoms with Gasteiger partial charge in [-0.25, -0.2) is 19.6 Å². The molecule has 1 saturated heterocycles. The molecule has 48 heavy (non-hydrogen) atoms. The fourth-order valence-electron chi connectivity index (χ4n) is 6.23. The van der Waals surface area contributed by atoms with E-state index in [9.17, 15) is 9.59 Å². The lowest BCUT2D eigenvalue weighted by Gasteiger charge is -2.28. The third-order valence-corrected chi connectivity index (χ3v) is 8.68. The lowest BCUT2D eigenvalue weighted by Crippen LogP contribution is -2.44. The zero-order chi connectivity index (χ0) is 33.7. The Balaban J connectivity index is 1.26. The summed E-state index contributed by atoms with van der Waals surface area (Å²) in [5.74, 6) is 1.50. The molecule has 1 fully saturated rings. The monoisotopic (exact) mass is 659 g/mol. The number of hydrogen-bond acceptors (Lipinski definition) is 9. The van der Waals surface area contributed by atoms with E-state index in [1.807, 2.05) is 47.4 Å². The number of ether oxygens (including phenoxy) is 3. The second kappa shape index (κ2) is 17.7. The van der Waals surface area contributed by atoms with Crippen molar-refractivity contribution < 1.29 is 23.8 Å². The number of nitrogen functional groups attached to an aromatic ring is 1. The summed E-state index contributed by atoms with van der Waals surface area (Å²) in [7, 11) is 1.69. The first kappa shape index (κ1) is 34.9. The lowest BCUT2D eigenvalue weighted by molar-refractivity contribution is -0.145. The largest absolute Gasteiger partial charge is 0.482 e. The maximum Gasteiger partial charge on any atom is 0.344 e. The molecule has 0 radical (unpaired) electrons. The second-order valence-corrected chi connectivity index (χ2v) is 12.1. The lowest BCUT2D eigenvalue weighted by atomic mass is 10.1. The number of benzene rings is 2. The molecular weight excluding hydrogens is 610 g/mol. The molecule has 1 aliphatic heterocycles. The molecule has 3 N–H and O–H groups in total. The van der Waals surface area contributed by atoms with Gasteiger partial charge in [0.05, 0.1) is 24.2 Å². The number of fused-ring (bicyclic) bond motifs is 3.